The highest BCUT2D eigenvalue weighted by Gasteiger charge is 2.28. The average molecular weight is 301 g/mol. The lowest BCUT2D eigenvalue weighted by atomic mass is 10.1. The molecule has 0 atom stereocenters. The highest BCUT2D eigenvalue weighted by Crippen LogP contribution is 2.37. The van der Waals surface area contributed by atoms with E-state index in [4.69, 9.17) is 0 Å². The minimum Gasteiger partial charge on any atom is -0.306 e. The fourth-order valence-corrected chi connectivity index (χ4v) is 3.43. The number of thioether (sulfide) groups is 1. The molecule has 0 spiro atoms. The molecule has 1 aliphatic rings. The van der Waals surface area contributed by atoms with E-state index in [2.05, 4.69) is 31.2 Å². The molecule has 0 aliphatic carbocycles. The Labute approximate surface area is 128 Å². The molecule has 1 N–H and O–H groups in total. The molecule has 0 fully saturated rings. The summed E-state index contributed by atoms with van der Waals surface area (Å²) in [6, 6.07) is 9.29. The highest BCUT2D eigenvalue weighted by atomic mass is 32.2. The molecule has 0 saturated heterocycles. The molecule has 0 unspecified atom stereocenters. The van der Waals surface area contributed by atoms with Crippen LogP contribution in [0.3, 0.4) is 0 Å². The van der Waals surface area contributed by atoms with Crippen molar-refractivity contribution in [2.45, 2.75) is 37.8 Å². The molecule has 1 amide bonds. The Morgan fingerprint density at radius 3 is 2.62 bits per heavy atom. The summed E-state index contributed by atoms with van der Waals surface area (Å²) < 4.78 is 1.94. The van der Waals surface area contributed by atoms with Gasteiger partial charge in [0, 0.05) is 22.6 Å². The lowest BCUT2D eigenvalue weighted by Gasteiger charge is -2.23. The molecule has 2 heterocycles. The van der Waals surface area contributed by atoms with E-state index in [-0.39, 0.29) is 11.4 Å². The predicted molar refractivity (Wildman–Crippen MR) is 86.6 cm³/mol. The van der Waals surface area contributed by atoms with Gasteiger partial charge >= 0.3 is 0 Å². The van der Waals surface area contributed by atoms with Crippen molar-refractivity contribution in [1.82, 2.24) is 9.78 Å². The third-order valence-electron chi connectivity index (χ3n) is 3.46. The van der Waals surface area contributed by atoms with Crippen LogP contribution >= 0.6 is 11.8 Å². The van der Waals surface area contributed by atoms with Crippen molar-refractivity contribution in [1.29, 1.82) is 0 Å². The predicted octanol–water partition coefficient (Wildman–Crippen LogP) is 3.64. The van der Waals surface area contributed by atoms with Gasteiger partial charge < -0.3 is 5.32 Å². The number of fused-ring (bicyclic) bond motifs is 1. The minimum absolute atomic E-state index is 0.0827. The van der Waals surface area contributed by atoms with Gasteiger partial charge in [-0.3, -0.25) is 4.79 Å². The van der Waals surface area contributed by atoms with E-state index in [9.17, 15) is 4.79 Å². The van der Waals surface area contributed by atoms with E-state index in [0.29, 0.717) is 5.56 Å². The van der Waals surface area contributed by atoms with Gasteiger partial charge in [-0.25, -0.2) is 4.68 Å². The van der Waals surface area contributed by atoms with Crippen molar-refractivity contribution in [3.05, 3.63) is 47.2 Å². The first-order valence-electron chi connectivity index (χ1n) is 7.02. The summed E-state index contributed by atoms with van der Waals surface area (Å²) in [5, 5.41) is 7.75. The highest BCUT2D eigenvalue weighted by molar-refractivity contribution is 7.98. The van der Waals surface area contributed by atoms with Crippen molar-refractivity contribution in [2.24, 2.45) is 0 Å². The van der Waals surface area contributed by atoms with Crippen LogP contribution < -0.4 is 5.32 Å². The average Bonchev–Trinajstić information content (AvgIpc) is 3.01. The van der Waals surface area contributed by atoms with Gasteiger partial charge in [-0.05, 0) is 32.9 Å². The van der Waals surface area contributed by atoms with Crippen LogP contribution in [-0.4, -0.2) is 15.7 Å². The number of carbonyl (C=O) groups excluding carboxylic acids is 1. The first-order chi connectivity index (χ1) is 9.97. The van der Waals surface area contributed by atoms with Crippen molar-refractivity contribution in [3.63, 3.8) is 0 Å². The number of carbonyl (C=O) groups is 1. The van der Waals surface area contributed by atoms with Crippen LogP contribution in [0.25, 0.3) is 0 Å². The second-order valence-corrected chi connectivity index (χ2v) is 7.16. The van der Waals surface area contributed by atoms with Gasteiger partial charge in [0.1, 0.15) is 5.82 Å². The van der Waals surface area contributed by atoms with Crippen LogP contribution in [0, 0.1) is 0 Å². The number of nitrogens with zero attached hydrogens (tertiary/aromatic N) is 2. The van der Waals surface area contributed by atoms with E-state index >= 15 is 0 Å². The molecule has 21 heavy (non-hydrogen) atoms. The zero-order valence-corrected chi connectivity index (χ0v) is 13.3. The molecule has 0 saturated carbocycles. The number of amides is 1. The van der Waals surface area contributed by atoms with Crippen molar-refractivity contribution < 1.29 is 4.79 Å². The summed E-state index contributed by atoms with van der Waals surface area (Å²) in [4.78, 5) is 12.4. The molecular weight excluding hydrogens is 282 g/mol. The molecule has 1 aromatic carbocycles. The van der Waals surface area contributed by atoms with Gasteiger partial charge in [0.25, 0.3) is 5.91 Å². The molecule has 1 aliphatic heterocycles. The number of hydrogen-bond donors (Lipinski definition) is 1. The van der Waals surface area contributed by atoms with Crippen LogP contribution in [0.15, 0.2) is 30.3 Å². The Morgan fingerprint density at radius 1 is 1.24 bits per heavy atom. The van der Waals surface area contributed by atoms with Gasteiger partial charge in [0.15, 0.2) is 0 Å². The number of hydrogen-bond acceptors (Lipinski definition) is 3. The minimum atomic E-state index is -0.158. The van der Waals surface area contributed by atoms with Gasteiger partial charge in [-0.15, -0.1) is 0 Å². The largest absolute Gasteiger partial charge is 0.306 e. The molecule has 1 aromatic heterocycles. The van der Waals surface area contributed by atoms with Crippen LogP contribution in [0.1, 0.15) is 42.4 Å². The number of nitrogens with one attached hydrogen (secondary N) is 1. The molecular formula is C16H19N3OS. The first kappa shape index (κ1) is 14.2. The van der Waals surface area contributed by atoms with E-state index in [0.717, 1.165) is 23.0 Å². The monoisotopic (exact) mass is 301 g/mol. The first-order valence-corrected chi connectivity index (χ1v) is 8.17. The normalized spacial score (nSPS) is 14.0. The maximum Gasteiger partial charge on any atom is 0.256 e. The number of anilines is 1. The standard InChI is InChI=1S/C16H19N3OS/c1-16(2,3)19-14(12-9-21-10-13(12)18-19)17-15(20)11-7-5-4-6-8-11/h4-8H,9-10H2,1-3H3,(H,17,20). The zero-order valence-electron chi connectivity index (χ0n) is 12.5. The number of aromatic nitrogens is 2. The summed E-state index contributed by atoms with van der Waals surface area (Å²) in [7, 11) is 0. The summed E-state index contributed by atoms with van der Waals surface area (Å²) >= 11 is 1.84. The molecule has 0 radical (unpaired) electrons. The third-order valence-corrected chi connectivity index (χ3v) is 4.43. The molecule has 3 rings (SSSR count). The fraction of sp³-hybridized carbons (Fsp3) is 0.375. The van der Waals surface area contributed by atoms with Crippen molar-refractivity contribution in [2.75, 3.05) is 5.32 Å². The molecule has 2 aromatic rings. The second-order valence-electron chi connectivity index (χ2n) is 6.17. The summed E-state index contributed by atoms with van der Waals surface area (Å²) in [6.45, 7) is 6.29. The van der Waals surface area contributed by atoms with Gasteiger partial charge in [0.05, 0.1) is 11.2 Å². The van der Waals surface area contributed by atoms with E-state index < -0.39 is 0 Å². The maximum atomic E-state index is 12.4. The Morgan fingerprint density at radius 2 is 1.95 bits per heavy atom. The quantitative estimate of drug-likeness (QED) is 0.921. The van der Waals surface area contributed by atoms with Gasteiger partial charge in [-0.1, -0.05) is 18.2 Å². The van der Waals surface area contributed by atoms with E-state index in [1.807, 2.05) is 46.8 Å². The van der Waals surface area contributed by atoms with E-state index in [1.54, 1.807) is 0 Å². The Balaban J connectivity index is 1.97. The Bertz CT molecular complexity index is 671. The number of rotatable bonds is 2. The maximum absolute atomic E-state index is 12.4. The topological polar surface area (TPSA) is 46.9 Å². The molecule has 110 valence electrons. The zero-order chi connectivity index (χ0) is 15.0. The Kier molecular flexibility index (Phi) is 3.53. The third kappa shape index (κ3) is 2.70. The van der Waals surface area contributed by atoms with Gasteiger partial charge in [-0.2, -0.15) is 16.9 Å². The van der Waals surface area contributed by atoms with Gasteiger partial charge in [0.2, 0.25) is 0 Å². The lowest BCUT2D eigenvalue weighted by Crippen LogP contribution is -2.27. The fourth-order valence-electron chi connectivity index (χ4n) is 2.40. The molecule has 0 bridgehead atoms. The van der Waals surface area contributed by atoms with Crippen LogP contribution in [0.4, 0.5) is 5.82 Å². The smallest absolute Gasteiger partial charge is 0.256 e. The van der Waals surface area contributed by atoms with E-state index in [1.165, 1.54) is 5.56 Å². The van der Waals surface area contributed by atoms with Crippen LogP contribution in [-0.2, 0) is 17.0 Å². The lowest BCUT2D eigenvalue weighted by molar-refractivity contribution is 0.102. The van der Waals surface area contributed by atoms with Crippen molar-refractivity contribution >= 4 is 23.5 Å². The molecule has 5 heteroatoms. The van der Waals surface area contributed by atoms with Crippen LogP contribution in [0.5, 0.6) is 0 Å². The summed E-state index contributed by atoms with van der Waals surface area (Å²) in [6.07, 6.45) is 0. The number of benzene rings is 1. The Hall–Kier alpha value is -1.75. The molecule has 4 nitrogen and oxygen atoms in total. The summed E-state index contributed by atoms with van der Waals surface area (Å²) in [5.74, 6) is 2.60. The summed E-state index contributed by atoms with van der Waals surface area (Å²) in [5.41, 5.74) is 2.77. The second kappa shape index (κ2) is 5.22. The van der Waals surface area contributed by atoms with Crippen LogP contribution in [0.2, 0.25) is 0 Å². The van der Waals surface area contributed by atoms with Crippen molar-refractivity contribution in [3.8, 4) is 0 Å². The SMILES string of the molecule is CC(C)(C)n1nc2c(c1NC(=O)c1ccccc1)CSC2.